The average molecular weight is 420 g/mol. The molecule has 0 saturated heterocycles. The van der Waals surface area contributed by atoms with Crippen molar-refractivity contribution >= 4 is 43.5 Å². The van der Waals surface area contributed by atoms with Crippen molar-refractivity contribution in [3.63, 3.8) is 0 Å². The third-order valence-electron chi connectivity index (χ3n) is 4.17. The second-order valence-electron chi connectivity index (χ2n) is 5.47. The van der Waals surface area contributed by atoms with Gasteiger partial charge in [-0.25, -0.2) is 0 Å². The van der Waals surface area contributed by atoms with E-state index in [1.54, 1.807) is 13.2 Å². The van der Waals surface area contributed by atoms with Gasteiger partial charge in [-0.05, 0) is 50.8 Å². The van der Waals surface area contributed by atoms with Crippen molar-refractivity contribution in [3.05, 3.63) is 21.1 Å². The van der Waals surface area contributed by atoms with Crippen molar-refractivity contribution < 1.29 is 9.53 Å². The van der Waals surface area contributed by atoms with Crippen molar-refractivity contribution in [1.82, 2.24) is 0 Å². The fourth-order valence-corrected chi connectivity index (χ4v) is 4.04. The van der Waals surface area contributed by atoms with Gasteiger partial charge in [0.25, 0.3) is 0 Å². The van der Waals surface area contributed by atoms with Gasteiger partial charge in [-0.3, -0.25) is 4.79 Å². The lowest BCUT2D eigenvalue weighted by Crippen LogP contribution is -2.43. The van der Waals surface area contributed by atoms with E-state index in [4.69, 9.17) is 10.5 Å². The Bertz CT molecular complexity index is 529. The van der Waals surface area contributed by atoms with Crippen LogP contribution >= 0.6 is 31.9 Å². The average Bonchev–Trinajstić information content (AvgIpc) is 2.50. The van der Waals surface area contributed by atoms with E-state index in [1.165, 1.54) is 6.42 Å². The molecule has 1 aromatic rings. The summed E-state index contributed by atoms with van der Waals surface area (Å²) in [6, 6.07) is 3.67. The molecule has 0 heterocycles. The second kappa shape index (κ2) is 7.11. The Kier molecular flexibility index (Phi) is 5.68. The standard InChI is InChI=1S/C15H20Br2N2O2/c1-21-13-8-12(10(16)7-11(13)17)19-14(20)15(9-18)5-3-2-4-6-15/h7-8H,2-6,9,18H2,1H3,(H,19,20). The fraction of sp³-hybridized carbons (Fsp3) is 0.533. The molecule has 0 aliphatic heterocycles. The van der Waals surface area contributed by atoms with Crippen LogP contribution in [0.4, 0.5) is 5.69 Å². The summed E-state index contributed by atoms with van der Waals surface area (Å²) in [5, 5.41) is 3.01. The molecule has 0 atom stereocenters. The molecule has 0 radical (unpaired) electrons. The van der Waals surface area contributed by atoms with Crippen LogP contribution in [0.1, 0.15) is 32.1 Å². The Morgan fingerprint density at radius 2 is 1.95 bits per heavy atom. The minimum absolute atomic E-state index is 0.00905. The van der Waals surface area contributed by atoms with Crippen LogP contribution in [0.2, 0.25) is 0 Å². The molecule has 0 bridgehead atoms. The Hall–Kier alpha value is -0.590. The maximum Gasteiger partial charge on any atom is 0.231 e. The van der Waals surface area contributed by atoms with E-state index in [9.17, 15) is 4.79 Å². The number of ether oxygens (including phenoxy) is 1. The van der Waals surface area contributed by atoms with Gasteiger partial charge in [0.2, 0.25) is 5.91 Å². The first kappa shape index (κ1) is 16.8. The van der Waals surface area contributed by atoms with E-state index in [-0.39, 0.29) is 5.91 Å². The Labute approximate surface area is 142 Å². The highest BCUT2D eigenvalue weighted by Gasteiger charge is 2.38. The van der Waals surface area contributed by atoms with Crippen LogP contribution in [0.3, 0.4) is 0 Å². The highest BCUT2D eigenvalue weighted by atomic mass is 79.9. The molecular formula is C15H20Br2N2O2. The minimum atomic E-state index is -0.433. The minimum Gasteiger partial charge on any atom is -0.495 e. The Morgan fingerprint density at radius 3 is 2.52 bits per heavy atom. The molecule has 3 N–H and O–H groups in total. The lowest BCUT2D eigenvalue weighted by Gasteiger charge is -2.34. The molecule has 4 nitrogen and oxygen atoms in total. The maximum atomic E-state index is 12.7. The van der Waals surface area contributed by atoms with Gasteiger partial charge in [-0.15, -0.1) is 0 Å². The number of carbonyl (C=O) groups is 1. The van der Waals surface area contributed by atoms with Crippen LogP contribution in [-0.4, -0.2) is 19.6 Å². The summed E-state index contributed by atoms with van der Waals surface area (Å²) in [7, 11) is 1.60. The van der Waals surface area contributed by atoms with Crippen LogP contribution < -0.4 is 15.8 Å². The normalized spacial score (nSPS) is 17.3. The first-order chi connectivity index (χ1) is 10.0. The fourth-order valence-electron chi connectivity index (χ4n) is 2.79. The van der Waals surface area contributed by atoms with Gasteiger partial charge in [-0.1, -0.05) is 19.3 Å². The maximum absolute atomic E-state index is 12.7. The number of rotatable bonds is 4. The van der Waals surface area contributed by atoms with Gasteiger partial charge < -0.3 is 15.8 Å². The molecule has 6 heteroatoms. The molecule has 1 aliphatic rings. The summed E-state index contributed by atoms with van der Waals surface area (Å²) < 4.78 is 6.92. The SMILES string of the molecule is COc1cc(NC(=O)C2(CN)CCCCC2)c(Br)cc1Br. The second-order valence-corrected chi connectivity index (χ2v) is 7.17. The first-order valence-electron chi connectivity index (χ1n) is 7.07. The molecule has 116 valence electrons. The van der Waals surface area contributed by atoms with Crippen molar-refractivity contribution in [1.29, 1.82) is 0 Å². The van der Waals surface area contributed by atoms with Gasteiger partial charge in [0.1, 0.15) is 5.75 Å². The lowest BCUT2D eigenvalue weighted by atomic mass is 9.73. The van der Waals surface area contributed by atoms with Gasteiger partial charge >= 0.3 is 0 Å². The molecule has 1 saturated carbocycles. The monoisotopic (exact) mass is 418 g/mol. The first-order valence-corrected chi connectivity index (χ1v) is 8.65. The zero-order valence-corrected chi connectivity index (χ0v) is 15.2. The van der Waals surface area contributed by atoms with E-state index in [0.717, 1.165) is 34.6 Å². The number of hydrogen-bond acceptors (Lipinski definition) is 3. The molecule has 0 unspecified atom stereocenters. The van der Waals surface area contributed by atoms with Crippen molar-refractivity contribution in [2.75, 3.05) is 19.0 Å². The van der Waals surface area contributed by atoms with Crippen LogP contribution in [0, 0.1) is 5.41 Å². The number of halogens is 2. The predicted octanol–water partition coefficient (Wildman–Crippen LogP) is 4.07. The smallest absolute Gasteiger partial charge is 0.231 e. The third-order valence-corrected chi connectivity index (χ3v) is 5.45. The summed E-state index contributed by atoms with van der Waals surface area (Å²) in [4.78, 5) is 12.7. The van der Waals surface area contributed by atoms with Crippen LogP contribution in [-0.2, 0) is 4.79 Å². The number of methoxy groups -OCH3 is 1. The molecule has 1 amide bonds. The number of nitrogens with two attached hydrogens (primary N) is 1. The quantitative estimate of drug-likeness (QED) is 0.772. The zero-order valence-electron chi connectivity index (χ0n) is 12.0. The molecule has 2 rings (SSSR count). The van der Waals surface area contributed by atoms with Crippen LogP contribution in [0.25, 0.3) is 0 Å². The molecule has 0 spiro atoms. The van der Waals surface area contributed by atoms with Gasteiger partial charge in [0, 0.05) is 17.1 Å². The number of carbonyl (C=O) groups excluding carboxylic acids is 1. The molecule has 1 fully saturated rings. The molecule has 0 aromatic heterocycles. The van der Waals surface area contributed by atoms with Crippen LogP contribution in [0.15, 0.2) is 21.1 Å². The largest absolute Gasteiger partial charge is 0.495 e. The zero-order chi connectivity index (χ0) is 15.5. The van der Waals surface area contributed by atoms with Crippen LogP contribution in [0.5, 0.6) is 5.75 Å². The van der Waals surface area contributed by atoms with E-state index in [1.807, 2.05) is 6.07 Å². The summed E-state index contributed by atoms with van der Waals surface area (Å²) in [6.45, 7) is 0.393. The van der Waals surface area contributed by atoms with Crippen molar-refractivity contribution in [2.45, 2.75) is 32.1 Å². The molecule has 1 aromatic carbocycles. The summed E-state index contributed by atoms with van der Waals surface area (Å²) >= 11 is 6.89. The molecular weight excluding hydrogens is 400 g/mol. The third kappa shape index (κ3) is 3.60. The number of benzene rings is 1. The molecule has 21 heavy (non-hydrogen) atoms. The highest BCUT2D eigenvalue weighted by Crippen LogP contribution is 2.39. The number of hydrogen-bond donors (Lipinski definition) is 2. The summed E-state index contributed by atoms with van der Waals surface area (Å²) in [5.41, 5.74) is 6.18. The number of amides is 1. The molecule has 1 aliphatic carbocycles. The van der Waals surface area contributed by atoms with E-state index in [2.05, 4.69) is 37.2 Å². The van der Waals surface area contributed by atoms with Gasteiger partial charge in [-0.2, -0.15) is 0 Å². The Morgan fingerprint density at radius 1 is 1.29 bits per heavy atom. The highest BCUT2D eigenvalue weighted by molar-refractivity contribution is 9.11. The van der Waals surface area contributed by atoms with Gasteiger partial charge in [0.15, 0.2) is 0 Å². The van der Waals surface area contributed by atoms with Crippen molar-refractivity contribution in [2.24, 2.45) is 11.1 Å². The number of anilines is 1. The predicted molar refractivity (Wildman–Crippen MR) is 91.6 cm³/mol. The van der Waals surface area contributed by atoms with Gasteiger partial charge in [0.05, 0.1) is 22.7 Å². The van der Waals surface area contributed by atoms with E-state index in [0.29, 0.717) is 18.0 Å². The summed E-state index contributed by atoms with van der Waals surface area (Å²) in [5.74, 6) is 0.689. The lowest BCUT2D eigenvalue weighted by molar-refractivity contribution is -0.126. The topological polar surface area (TPSA) is 64.3 Å². The Balaban J connectivity index is 2.22. The van der Waals surface area contributed by atoms with Crippen molar-refractivity contribution in [3.8, 4) is 5.75 Å². The van der Waals surface area contributed by atoms with E-state index < -0.39 is 5.41 Å². The van der Waals surface area contributed by atoms with E-state index >= 15 is 0 Å². The number of nitrogens with one attached hydrogen (secondary N) is 1. The summed E-state index contributed by atoms with van der Waals surface area (Å²) in [6.07, 6.45) is 5.04.